The minimum Gasteiger partial charge on any atom is -0.396 e. The van der Waals surface area contributed by atoms with E-state index in [0.29, 0.717) is 12.1 Å². The Morgan fingerprint density at radius 1 is 1.35 bits per heavy atom. The molecule has 2 N–H and O–H groups in total. The molecule has 1 fully saturated rings. The van der Waals surface area contributed by atoms with Crippen LogP contribution in [0.15, 0.2) is 24.3 Å². The molecule has 1 aliphatic carbocycles. The summed E-state index contributed by atoms with van der Waals surface area (Å²) in [7, 11) is 0. The third-order valence-electron chi connectivity index (χ3n) is 3.33. The fraction of sp³-hybridized carbons (Fsp3) is 0.462. The van der Waals surface area contributed by atoms with Crippen molar-refractivity contribution in [3.63, 3.8) is 0 Å². The third-order valence-corrected chi connectivity index (χ3v) is 3.33. The second-order valence-corrected chi connectivity index (χ2v) is 4.66. The molecule has 1 saturated carbocycles. The summed E-state index contributed by atoms with van der Waals surface area (Å²) in [6.45, 7) is 0.746. The van der Waals surface area contributed by atoms with E-state index in [0.717, 1.165) is 19.3 Å². The first-order chi connectivity index (χ1) is 8.15. The molecule has 0 unspecified atom stereocenters. The lowest BCUT2D eigenvalue weighted by atomic mass is 10.0. The molecular formula is C13H16FNO2. The largest absolute Gasteiger partial charge is 0.396 e. The number of nitrogens with one attached hydrogen (secondary N) is 1. The third kappa shape index (κ3) is 3.03. The number of aliphatic hydroxyl groups is 1. The zero-order valence-electron chi connectivity index (χ0n) is 9.58. The van der Waals surface area contributed by atoms with E-state index in [1.54, 1.807) is 0 Å². The number of aliphatic hydroxyl groups excluding tert-OH is 1. The molecular weight excluding hydrogens is 221 g/mol. The predicted octanol–water partition coefficient (Wildman–Crippen LogP) is 1.72. The number of amides is 1. The van der Waals surface area contributed by atoms with Gasteiger partial charge in [0.1, 0.15) is 5.82 Å². The van der Waals surface area contributed by atoms with Crippen LogP contribution in [-0.2, 0) is 0 Å². The minimum atomic E-state index is -0.347. The van der Waals surface area contributed by atoms with Crippen LogP contribution in [-0.4, -0.2) is 24.2 Å². The molecule has 0 spiro atoms. The zero-order chi connectivity index (χ0) is 12.3. The lowest BCUT2D eigenvalue weighted by Gasteiger charge is -2.14. The lowest BCUT2D eigenvalue weighted by molar-refractivity contribution is 0.0941. The van der Waals surface area contributed by atoms with Gasteiger partial charge in [-0.05, 0) is 48.9 Å². The molecule has 92 valence electrons. The second-order valence-electron chi connectivity index (χ2n) is 4.66. The normalized spacial score (nSPS) is 16.6. The summed E-state index contributed by atoms with van der Waals surface area (Å²) in [5.41, 5.74) is 0.566. The Kier molecular flexibility index (Phi) is 3.43. The molecule has 4 heteroatoms. The molecule has 17 heavy (non-hydrogen) atoms. The number of hydrogen-bond donors (Lipinski definition) is 2. The summed E-state index contributed by atoms with van der Waals surface area (Å²) >= 11 is 0. The van der Waals surface area contributed by atoms with Gasteiger partial charge in [0.05, 0.1) is 0 Å². The number of benzene rings is 1. The molecule has 0 saturated heterocycles. The summed E-state index contributed by atoms with van der Waals surface area (Å²) in [4.78, 5) is 11.7. The maximum Gasteiger partial charge on any atom is 0.251 e. The highest BCUT2D eigenvalue weighted by Gasteiger charge is 2.41. The van der Waals surface area contributed by atoms with Gasteiger partial charge in [0, 0.05) is 18.7 Å². The Balaban J connectivity index is 1.87. The van der Waals surface area contributed by atoms with Crippen molar-refractivity contribution in [3.05, 3.63) is 35.6 Å². The summed E-state index contributed by atoms with van der Waals surface area (Å²) in [5, 5.41) is 11.7. The average Bonchev–Trinajstić information content (AvgIpc) is 3.08. The molecule has 2 rings (SSSR count). The first-order valence-electron chi connectivity index (χ1n) is 5.80. The van der Waals surface area contributed by atoms with Gasteiger partial charge in [-0.3, -0.25) is 4.79 Å². The number of halogens is 1. The maximum absolute atomic E-state index is 12.7. The Morgan fingerprint density at radius 2 is 2.00 bits per heavy atom. The molecule has 0 radical (unpaired) electrons. The van der Waals surface area contributed by atoms with Gasteiger partial charge in [-0.1, -0.05) is 0 Å². The molecule has 0 aliphatic heterocycles. The van der Waals surface area contributed by atoms with E-state index in [4.69, 9.17) is 5.11 Å². The van der Waals surface area contributed by atoms with Crippen molar-refractivity contribution in [1.82, 2.24) is 5.32 Å². The van der Waals surface area contributed by atoms with Crippen LogP contribution in [0, 0.1) is 11.2 Å². The zero-order valence-corrected chi connectivity index (χ0v) is 9.58. The van der Waals surface area contributed by atoms with Gasteiger partial charge in [-0.25, -0.2) is 4.39 Å². The Bertz CT molecular complexity index is 398. The van der Waals surface area contributed by atoms with Crippen molar-refractivity contribution in [2.45, 2.75) is 19.3 Å². The van der Waals surface area contributed by atoms with E-state index in [9.17, 15) is 9.18 Å². The van der Waals surface area contributed by atoms with E-state index in [1.807, 2.05) is 0 Å². The molecule has 3 nitrogen and oxygen atoms in total. The monoisotopic (exact) mass is 237 g/mol. The molecule has 1 aliphatic rings. The van der Waals surface area contributed by atoms with Crippen molar-refractivity contribution in [2.75, 3.05) is 13.2 Å². The summed E-state index contributed by atoms with van der Waals surface area (Å²) in [6.07, 6.45) is 2.84. The quantitative estimate of drug-likeness (QED) is 0.819. The van der Waals surface area contributed by atoms with Crippen molar-refractivity contribution in [3.8, 4) is 0 Å². The van der Waals surface area contributed by atoms with Crippen molar-refractivity contribution < 1.29 is 14.3 Å². The maximum atomic E-state index is 12.7. The minimum absolute atomic E-state index is 0.102. The van der Waals surface area contributed by atoms with Crippen LogP contribution in [0.5, 0.6) is 0 Å². The highest BCUT2D eigenvalue weighted by atomic mass is 19.1. The molecule has 1 amide bonds. The van der Waals surface area contributed by atoms with Crippen LogP contribution in [0.2, 0.25) is 0 Å². The van der Waals surface area contributed by atoms with Gasteiger partial charge >= 0.3 is 0 Å². The van der Waals surface area contributed by atoms with Crippen LogP contribution in [0.25, 0.3) is 0 Å². The van der Waals surface area contributed by atoms with Crippen LogP contribution in [0.3, 0.4) is 0 Å². The van der Waals surface area contributed by atoms with Gasteiger partial charge in [-0.2, -0.15) is 0 Å². The second kappa shape index (κ2) is 4.84. The van der Waals surface area contributed by atoms with Crippen LogP contribution in [0.4, 0.5) is 4.39 Å². The Morgan fingerprint density at radius 3 is 2.53 bits per heavy atom. The van der Waals surface area contributed by atoms with Gasteiger partial charge in [0.25, 0.3) is 5.91 Å². The van der Waals surface area contributed by atoms with E-state index in [1.165, 1.54) is 24.3 Å². The standard InChI is InChI=1S/C13H16FNO2/c14-11-3-1-10(2-4-11)12(17)15-9-13(5-6-13)7-8-16/h1-4,16H,5-9H2,(H,15,17). The first-order valence-corrected chi connectivity index (χ1v) is 5.80. The Hall–Kier alpha value is -1.42. The van der Waals surface area contributed by atoms with Crippen LogP contribution in [0.1, 0.15) is 29.6 Å². The Labute approximate surface area is 99.7 Å². The van der Waals surface area contributed by atoms with Gasteiger partial charge in [0.15, 0.2) is 0 Å². The van der Waals surface area contributed by atoms with Gasteiger partial charge < -0.3 is 10.4 Å². The van der Waals surface area contributed by atoms with Gasteiger partial charge in [0.2, 0.25) is 0 Å². The molecule has 1 aromatic carbocycles. The van der Waals surface area contributed by atoms with E-state index >= 15 is 0 Å². The molecule has 0 bridgehead atoms. The van der Waals surface area contributed by atoms with E-state index in [-0.39, 0.29) is 23.7 Å². The van der Waals surface area contributed by atoms with Crippen LogP contribution < -0.4 is 5.32 Å². The summed E-state index contributed by atoms with van der Waals surface area (Å²) < 4.78 is 12.7. The smallest absolute Gasteiger partial charge is 0.251 e. The highest BCUT2D eigenvalue weighted by Crippen LogP contribution is 2.47. The molecule has 1 aromatic rings. The highest BCUT2D eigenvalue weighted by molar-refractivity contribution is 5.94. The SMILES string of the molecule is O=C(NCC1(CCO)CC1)c1ccc(F)cc1. The van der Waals surface area contributed by atoms with E-state index in [2.05, 4.69) is 5.32 Å². The number of carbonyl (C=O) groups excluding carboxylic acids is 1. The fourth-order valence-electron chi connectivity index (χ4n) is 1.90. The number of rotatable bonds is 5. The summed E-state index contributed by atoms with van der Waals surface area (Å²) in [5.74, 6) is -0.533. The van der Waals surface area contributed by atoms with Gasteiger partial charge in [-0.15, -0.1) is 0 Å². The molecule has 0 atom stereocenters. The number of hydrogen-bond acceptors (Lipinski definition) is 2. The molecule has 0 heterocycles. The van der Waals surface area contributed by atoms with Crippen LogP contribution >= 0.6 is 0 Å². The first kappa shape index (κ1) is 12.0. The van der Waals surface area contributed by atoms with Crippen molar-refractivity contribution in [2.24, 2.45) is 5.41 Å². The summed E-state index contributed by atoms with van der Waals surface area (Å²) in [6, 6.07) is 5.48. The average molecular weight is 237 g/mol. The molecule has 0 aromatic heterocycles. The van der Waals surface area contributed by atoms with E-state index < -0.39 is 0 Å². The lowest BCUT2D eigenvalue weighted by Crippen LogP contribution is -2.30. The van der Waals surface area contributed by atoms with Crippen molar-refractivity contribution >= 4 is 5.91 Å². The van der Waals surface area contributed by atoms with Crippen molar-refractivity contribution in [1.29, 1.82) is 0 Å². The number of carbonyl (C=O) groups is 1. The topological polar surface area (TPSA) is 49.3 Å². The predicted molar refractivity (Wildman–Crippen MR) is 62.1 cm³/mol. The fourth-order valence-corrected chi connectivity index (χ4v) is 1.90.